The van der Waals surface area contributed by atoms with Crippen LogP contribution in [0.25, 0.3) is 33.3 Å². The maximum atomic E-state index is 14.9. The molecule has 0 aromatic heterocycles. The lowest BCUT2D eigenvalue weighted by molar-refractivity contribution is -0.160. The van der Waals surface area contributed by atoms with Gasteiger partial charge in [0.15, 0.2) is 11.3 Å². The number of carbonyl (C=O) groups excluding carboxylic acids is 3. The highest BCUT2D eigenvalue weighted by atomic mass is 16.7. The van der Waals surface area contributed by atoms with Crippen molar-refractivity contribution < 1.29 is 62.5 Å². The molecule has 72 heavy (non-hydrogen) atoms. The van der Waals surface area contributed by atoms with Crippen molar-refractivity contribution in [1.29, 1.82) is 0 Å². The van der Waals surface area contributed by atoms with Crippen LogP contribution in [0.1, 0.15) is 75.5 Å². The van der Waals surface area contributed by atoms with E-state index in [0.717, 1.165) is 30.8 Å². The molecule has 4 N–H and O–H groups in total. The number of ether oxygens (including phenoxy) is 6. The summed E-state index contributed by atoms with van der Waals surface area (Å²) in [6.45, 7) is 16.7. The Morgan fingerprint density at radius 1 is 0.931 bits per heavy atom. The number of esters is 1. The van der Waals surface area contributed by atoms with E-state index in [2.05, 4.69) is 22.3 Å². The molecule has 0 saturated carbocycles. The number of nitrogens with one attached hydrogen (secondary N) is 1. The molecule has 1 aliphatic carbocycles. The molecular weight excluding hydrogens is 927 g/mol. The highest BCUT2D eigenvalue weighted by Crippen LogP contribution is 2.51. The van der Waals surface area contributed by atoms with Gasteiger partial charge in [0.05, 0.1) is 48.7 Å². The van der Waals surface area contributed by atoms with Gasteiger partial charge in [0, 0.05) is 80.8 Å². The third-order valence-electron chi connectivity index (χ3n) is 14.3. The number of aromatic hydroxyl groups is 1. The van der Waals surface area contributed by atoms with Crippen molar-refractivity contribution in [2.75, 3.05) is 38.7 Å². The quantitative estimate of drug-likeness (QED) is 0.0710. The molecule has 4 bridgehead atoms. The van der Waals surface area contributed by atoms with E-state index in [1.54, 1.807) is 58.0 Å². The smallest absolute Gasteiger partial charge is 0.312 e. The van der Waals surface area contributed by atoms with Crippen LogP contribution in [0.5, 0.6) is 17.2 Å². The number of aliphatic hydroxyl groups is 2. The molecule has 17 nitrogen and oxygen atoms in total. The number of fused-ring (bicyclic) bond motifs is 2. The molecule has 1 saturated heterocycles. The second kappa shape index (κ2) is 21.2. The lowest BCUT2D eigenvalue weighted by Gasteiger charge is -2.38. The number of morpholine rings is 1. The van der Waals surface area contributed by atoms with Crippen molar-refractivity contribution in [3.05, 3.63) is 111 Å². The number of aromatic nitrogens is 1. The second-order valence-electron chi connectivity index (χ2n) is 19.3. The van der Waals surface area contributed by atoms with Crippen molar-refractivity contribution in [2.45, 2.75) is 98.7 Å². The molecule has 0 spiro atoms. The zero-order valence-corrected chi connectivity index (χ0v) is 42.0. The first-order valence-electron chi connectivity index (χ1n) is 24.2. The summed E-state index contributed by atoms with van der Waals surface area (Å²) in [5.41, 5.74) is 1.27. The van der Waals surface area contributed by atoms with Crippen LogP contribution in [-0.2, 0) is 41.7 Å². The predicted octanol–water partition coefficient (Wildman–Crippen LogP) is 7.36. The number of hydrogen-bond acceptors (Lipinski definition) is 16. The molecule has 4 heterocycles. The van der Waals surface area contributed by atoms with Gasteiger partial charge in [-0.15, -0.1) is 0 Å². The van der Waals surface area contributed by atoms with Gasteiger partial charge in [-0.3, -0.25) is 24.1 Å². The minimum atomic E-state index is -2.07. The van der Waals surface area contributed by atoms with E-state index in [-0.39, 0.29) is 68.1 Å². The second-order valence-corrected chi connectivity index (χ2v) is 19.3. The fourth-order valence-electron chi connectivity index (χ4n) is 9.84. The molecule has 1 amide bonds. The third-order valence-corrected chi connectivity index (χ3v) is 14.3. The number of hydrogen-bond donors (Lipinski definition) is 4. The number of allylic oxidation sites excluding steroid dienone is 2. The van der Waals surface area contributed by atoms with E-state index in [1.807, 2.05) is 12.1 Å². The van der Waals surface area contributed by atoms with Gasteiger partial charge in [0.2, 0.25) is 5.43 Å². The molecule has 9 atom stereocenters. The lowest BCUT2D eigenvalue weighted by atomic mass is 9.78. The minimum absolute atomic E-state index is 0.0472. The number of anilines is 1. The highest BCUT2D eigenvalue weighted by molar-refractivity contribution is 6.22. The highest BCUT2D eigenvalue weighted by Gasteiger charge is 2.50. The van der Waals surface area contributed by atoms with Gasteiger partial charge in [0.1, 0.15) is 46.9 Å². The number of amides is 1. The van der Waals surface area contributed by atoms with Crippen LogP contribution < -0.4 is 20.2 Å². The van der Waals surface area contributed by atoms with Gasteiger partial charge in [-0.2, -0.15) is 0 Å². The molecule has 0 radical (unpaired) electrons. The number of nitrogens with zero attached hydrogens (tertiary/aromatic N) is 2. The number of aliphatic hydroxyl groups excluding tert-OH is 2. The van der Waals surface area contributed by atoms with Gasteiger partial charge in [0.25, 0.3) is 11.7 Å². The van der Waals surface area contributed by atoms with Gasteiger partial charge in [-0.05, 0) is 43.2 Å². The molecule has 382 valence electrons. The first-order chi connectivity index (χ1) is 34.3. The third kappa shape index (κ3) is 10.1. The molecule has 3 aromatic rings. The Morgan fingerprint density at radius 2 is 1.64 bits per heavy atom. The van der Waals surface area contributed by atoms with E-state index in [0.29, 0.717) is 19.0 Å². The van der Waals surface area contributed by atoms with Gasteiger partial charge < -0.3 is 53.5 Å². The summed E-state index contributed by atoms with van der Waals surface area (Å²) < 4.78 is 42.5. The van der Waals surface area contributed by atoms with E-state index in [9.17, 15) is 34.5 Å². The number of ketones is 1. The Morgan fingerprint density at radius 3 is 2.33 bits per heavy atom. The largest absolute Gasteiger partial charge is 0.507 e. The number of Topliss-reactive ketones (excluding diaryl/α,β-unsaturated/α-hetero) is 1. The van der Waals surface area contributed by atoms with Crippen LogP contribution >= 0.6 is 0 Å². The van der Waals surface area contributed by atoms with E-state index in [1.165, 1.54) is 53.2 Å². The lowest BCUT2D eigenvalue weighted by Crippen LogP contribution is -2.46. The molecule has 5 aliphatic rings. The summed E-state index contributed by atoms with van der Waals surface area (Å²) in [4.78, 5) is 63.7. The topological polar surface area (TPSA) is 226 Å². The van der Waals surface area contributed by atoms with Crippen molar-refractivity contribution in [3.63, 3.8) is 0 Å². The van der Waals surface area contributed by atoms with E-state index < -0.39 is 82.7 Å². The Bertz CT molecular complexity index is 2990. The summed E-state index contributed by atoms with van der Waals surface area (Å²) in [6.07, 6.45) is 3.55. The van der Waals surface area contributed by atoms with Crippen LogP contribution in [0.2, 0.25) is 0 Å². The predicted molar refractivity (Wildman–Crippen MR) is 268 cm³/mol. The normalized spacial score (nSPS) is 26.7. The average molecular weight is 990 g/mol. The maximum Gasteiger partial charge on any atom is 0.312 e. The molecule has 17 heteroatoms. The number of methoxy groups -OCH3 is 1. The Hall–Kier alpha value is -6.63. The number of para-hydroxylation sites is 1. The zero-order chi connectivity index (χ0) is 51.8. The maximum absolute atomic E-state index is 14.9. The van der Waals surface area contributed by atoms with Gasteiger partial charge >= 0.3 is 11.8 Å². The van der Waals surface area contributed by atoms with E-state index >= 15 is 0 Å². The van der Waals surface area contributed by atoms with Gasteiger partial charge in [-0.25, -0.2) is 4.98 Å². The van der Waals surface area contributed by atoms with Crippen molar-refractivity contribution >= 4 is 45.2 Å². The van der Waals surface area contributed by atoms with Crippen LogP contribution in [0.3, 0.4) is 0 Å². The molecule has 1 fully saturated rings. The molecular formula is C55H63N3O14. The van der Waals surface area contributed by atoms with Crippen LogP contribution in [0.4, 0.5) is 5.69 Å². The fourth-order valence-corrected chi connectivity index (χ4v) is 9.84. The summed E-state index contributed by atoms with van der Waals surface area (Å²) in [5.74, 6) is -7.11. The first-order valence-corrected chi connectivity index (χ1v) is 24.2. The van der Waals surface area contributed by atoms with Crippen LogP contribution in [0.15, 0.2) is 87.8 Å². The molecule has 8 rings (SSSR count). The summed E-state index contributed by atoms with van der Waals surface area (Å²) >= 11 is 0. The fraction of sp³-hybridized carbons (Fsp3) is 0.436. The zero-order valence-electron chi connectivity index (χ0n) is 42.0. The first kappa shape index (κ1) is 51.7. The average Bonchev–Trinajstić information content (AvgIpc) is 3.63. The molecule has 9 unspecified atom stereocenters. The number of phenols is 1. The van der Waals surface area contributed by atoms with Crippen molar-refractivity contribution in [1.82, 2.24) is 9.88 Å². The molecule has 3 aromatic carbocycles. The number of carbonyl (C=O) groups is 3. The Balaban J connectivity index is 1.26. The van der Waals surface area contributed by atoms with Crippen LogP contribution in [-0.4, -0.2) is 106 Å². The van der Waals surface area contributed by atoms with Gasteiger partial charge in [-0.1, -0.05) is 76.3 Å². The number of benzene rings is 4. The van der Waals surface area contributed by atoms with E-state index in [4.69, 9.17) is 37.8 Å². The number of rotatable bonds is 7. The number of phenolic OH excluding ortho intramolecular Hbond substituents is 1. The standard InChI is InChI=1S/C55H63N3O14/c1-28-12-10-13-29(2)54(65)57-45-49(63)41-40(44-52(45)71-39-15-11-14-38(43(39)56-44)68-27-36-18-16-35(17-19-36)26-58-21-24-67-25-22-58)42-51(33(6)48(41)62)72-55(8,53(42)64)69-23-20-37(66-9)30(3)50(70-34(7)59)32(5)47(61)31(4)46(28)60/h10-20,23,28,30-32,37,46-47,50,60-62H,21-22,24-27H2,1-9H3,(H,57,65). The summed E-state index contributed by atoms with van der Waals surface area (Å²) in [7, 11) is 1.45. The Labute approximate surface area is 417 Å². The minimum Gasteiger partial charge on any atom is -0.507 e. The summed E-state index contributed by atoms with van der Waals surface area (Å²) in [6, 6.07) is 13.2. The van der Waals surface area contributed by atoms with Crippen LogP contribution in [0, 0.1) is 30.6 Å². The monoisotopic (exact) mass is 989 g/mol. The molecule has 4 aliphatic heterocycles. The van der Waals surface area contributed by atoms with Crippen molar-refractivity contribution in [2.24, 2.45) is 23.7 Å². The Kier molecular flexibility index (Phi) is 15.2. The van der Waals surface area contributed by atoms with Crippen molar-refractivity contribution in [3.8, 4) is 28.7 Å². The SMILES string of the molecule is COC1C=COC2(C)Oc3c(C)c(O)c4c(=O)c(c5oc6cccc(OCc7ccc(CN8CCOCC8)cc7)c6nc-5c4c3C2=O)NC(=O)C(C)=CC=CC(C)C(O)C(C)C(O)C(C)C(OC(C)=O)C1C. The summed E-state index contributed by atoms with van der Waals surface area (Å²) in [5, 5.41) is 37.3.